The van der Waals surface area contributed by atoms with Gasteiger partial charge in [-0.1, -0.05) is 0 Å². The second kappa shape index (κ2) is 4.71. The summed E-state index contributed by atoms with van der Waals surface area (Å²) in [6.07, 6.45) is 0. The Bertz CT molecular complexity index is 432. The Morgan fingerprint density at radius 2 is 1.94 bits per heavy atom. The third-order valence-corrected chi connectivity index (χ3v) is 4.95. The number of piperazine rings is 1. The molecule has 2 amide bonds. The Balaban J connectivity index is 3.05. The molecule has 0 spiro atoms. The van der Waals surface area contributed by atoms with Crippen LogP contribution < -0.4 is 5.32 Å². The zero-order valence-electron chi connectivity index (χ0n) is 10.3. The van der Waals surface area contributed by atoms with Gasteiger partial charge in [0.2, 0.25) is 11.8 Å². The van der Waals surface area contributed by atoms with Crippen LogP contribution in [0.5, 0.6) is 0 Å². The summed E-state index contributed by atoms with van der Waals surface area (Å²) in [5.41, 5.74) is 0. The molecule has 0 aromatic rings. The minimum atomic E-state index is -3.79. The molecule has 0 radical (unpaired) electrons. The number of nitrogens with zero attached hydrogens (tertiary/aromatic N) is 2. The van der Waals surface area contributed by atoms with Crippen LogP contribution >= 0.6 is 0 Å². The van der Waals surface area contributed by atoms with Gasteiger partial charge in [-0.15, -0.1) is 0 Å². The second-order valence-corrected chi connectivity index (χ2v) is 6.19. The van der Waals surface area contributed by atoms with Gasteiger partial charge in [-0.25, -0.2) is 0 Å². The molecule has 1 rings (SSSR count). The monoisotopic (exact) mass is 263 g/mol. The van der Waals surface area contributed by atoms with Crippen molar-refractivity contribution in [3.8, 4) is 0 Å². The summed E-state index contributed by atoms with van der Waals surface area (Å²) in [5, 5.41) is 2.10. The smallest absolute Gasteiger partial charge is 0.283 e. The molecule has 1 unspecified atom stereocenters. The van der Waals surface area contributed by atoms with E-state index in [0.29, 0.717) is 0 Å². The number of carbonyl (C=O) groups is 2. The van der Waals surface area contributed by atoms with Gasteiger partial charge < -0.3 is 0 Å². The van der Waals surface area contributed by atoms with E-state index in [1.165, 1.54) is 14.0 Å². The summed E-state index contributed by atoms with van der Waals surface area (Å²) >= 11 is 0. The molecule has 0 aromatic heterocycles. The Hall–Kier alpha value is -0.990. The first-order chi connectivity index (χ1) is 7.67. The van der Waals surface area contributed by atoms with Gasteiger partial charge in [-0.3, -0.25) is 14.9 Å². The van der Waals surface area contributed by atoms with E-state index in [2.05, 4.69) is 5.32 Å². The van der Waals surface area contributed by atoms with Crippen LogP contribution in [-0.2, 0) is 19.8 Å². The summed E-state index contributed by atoms with van der Waals surface area (Å²) < 4.78 is 26.3. The molecule has 98 valence electrons. The van der Waals surface area contributed by atoms with Gasteiger partial charge in [-0.2, -0.15) is 17.0 Å². The number of nitrogens with one attached hydrogen (secondary N) is 1. The molecule has 1 N–H and O–H groups in total. The number of hydrogen-bond donors (Lipinski definition) is 1. The Morgan fingerprint density at radius 1 is 1.41 bits per heavy atom. The second-order valence-electron chi connectivity index (χ2n) is 4.25. The fourth-order valence-electron chi connectivity index (χ4n) is 1.40. The fraction of sp³-hybridized carbons (Fsp3) is 0.778. The first-order valence-corrected chi connectivity index (χ1v) is 6.66. The normalized spacial score (nSPS) is 23.3. The molecule has 1 fully saturated rings. The van der Waals surface area contributed by atoms with Crippen molar-refractivity contribution in [3.05, 3.63) is 0 Å². The SMILES string of the molecule is CC(C)N(C)S(=O)(=O)N1CC(=O)NC(=O)C1C. The Morgan fingerprint density at radius 3 is 2.41 bits per heavy atom. The zero-order valence-corrected chi connectivity index (χ0v) is 11.1. The number of amides is 2. The van der Waals surface area contributed by atoms with Crippen LogP contribution in [0.25, 0.3) is 0 Å². The molecule has 1 saturated heterocycles. The molecule has 1 aliphatic heterocycles. The van der Waals surface area contributed by atoms with E-state index in [4.69, 9.17) is 0 Å². The number of imide groups is 1. The lowest BCUT2D eigenvalue weighted by atomic mass is 10.2. The number of carbonyl (C=O) groups excluding carboxylic acids is 2. The average molecular weight is 263 g/mol. The highest BCUT2D eigenvalue weighted by Gasteiger charge is 2.40. The van der Waals surface area contributed by atoms with Crippen molar-refractivity contribution in [2.24, 2.45) is 0 Å². The van der Waals surface area contributed by atoms with E-state index >= 15 is 0 Å². The van der Waals surface area contributed by atoms with Crippen molar-refractivity contribution in [2.45, 2.75) is 32.9 Å². The van der Waals surface area contributed by atoms with Crippen molar-refractivity contribution in [3.63, 3.8) is 0 Å². The summed E-state index contributed by atoms with van der Waals surface area (Å²) in [5.74, 6) is -1.20. The first kappa shape index (κ1) is 14.1. The van der Waals surface area contributed by atoms with Crippen LogP contribution in [0.3, 0.4) is 0 Å². The molecule has 8 heteroatoms. The van der Waals surface area contributed by atoms with Crippen LogP contribution in [-0.4, -0.2) is 54.5 Å². The summed E-state index contributed by atoms with van der Waals surface area (Å²) in [6.45, 7) is 4.56. The maximum absolute atomic E-state index is 12.1. The minimum absolute atomic E-state index is 0.243. The number of hydrogen-bond acceptors (Lipinski definition) is 4. The first-order valence-electron chi connectivity index (χ1n) is 5.26. The molecule has 0 bridgehead atoms. The highest BCUT2D eigenvalue weighted by molar-refractivity contribution is 7.86. The van der Waals surface area contributed by atoms with Crippen LogP contribution in [0.2, 0.25) is 0 Å². The molecule has 7 nitrogen and oxygen atoms in total. The predicted molar refractivity (Wildman–Crippen MR) is 61.1 cm³/mol. The summed E-state index contributed by atoms with van der Waals surface area (Å²) in [7, 11) is -2.37. The third-order valence-electron chi connectivity index (χ3n) is 2.76. The molecule has 17 heavy (non-hydrogen) atoms. The summed E-state index contributed by atoms with van der Waals surface area (Å²) in [4.78, 5) is 22.6. The van der Waals surface area contributed by atoms with E-state index in [-0.39, 0.29) is 12.6 Å². The van der Waals surface area contributed by atoms with E-state index in [9.17, 15) is 18.0 Å². The van der Waals surface area contributed by atoms with Crippen LogP contribution in [0, 0.1) is 0 Å². The fourth-order valence-corrected chi connectivity index (χ4v) is 3.04. The summed E-state index contributed by atoms with van der Waals surface area (Å²) in [6, 6.07) is -1.12. The van der Waals surface area contributed by atoms with Gasteiger partial charge in [0.25, 0.3) is 10.2 Å². The van der Waals surface area contributed by atoms with E-state index < -0.39 is 28.1 Å². The molecule has 1 heterocycles. The van der Waals surface area contributed by atoms with Gasteiger partial charge in [0, 0.05) is 13.1 Å². The lowest BCUT2D eigenvalue weighted by Crippen LogP contribution is -2.61. The molecule has 1 aliphatic rings. The van der Waals surface area contributed by atoms with E-state index in [1.54, 1.807) is 13.8 Å². The average Bonchev–Trinajstić information content (AvgIpc) is 2.21. The Kier molecular flexibility index (Phi) is 3.90. The lowest BCUT2D eigenvalue weighted by Gasteiger charge is -2.34. The highest BCUT2D eigenvalue weighted by Crippen LogP contribution is 2.15. The largest absolute Gasteiger partial charge is 0.294 e. The topological polar surface area (TPSA) is 86.8 Å². The zero-order chi connectivity index (χ0) is 13.4. The quantitative estimate of drug-likeness (QED) is 0.656. The van der Waals surface area contributed by atoms with Crippen molar-refractivity contribution in [1.29, 1.82) is 0 Å². The van der Waals surface area contributed by atoms with Crippen molar-refractivity contribution >= 4 is 22.0 Å². The lowest BCUT2D eigenvalue weighted by molar-refractivity contribution is -0.136. The molecular weight excluding hydrogens is 246 g/mol. The number of rotatable bonds is 3. The van der Waals surface area contributed by atoms with E-state index in [1.807, 2.05) is 0 Å². The third kappa shape index (κ3) is 2.64. The molecule has 0 aromatic carbocycles. The highest BCUT2D eigenvalue weighted by atomic mass is 32.2. The minimum Gasteiger partial charge on any atom is -0.294 e. The molecule has 1 atom stereocenters. The van der Waals surface area contributed by atoms with Gasteiger partial charge in [-0.05, 0) is 20.8 Å². The Labute approximate surface area is 101 Å². The standard InChI is InChI=1S/C9H17N3O4S/c1-6(2)11(4)17(15,16)12-5-8(13)10-9(14)7(12)3/h6-7H,5H2,1-4H3,(H,10,13,14). The molecular formula is C9H17N3O4S. The van der Waals surface area contributed by atoms with Crippen molar-refractivity contribution in [2.75, 3.05) is 13.6 Å². The maximum atomic E-state index is 12.1. The van der Waals surface area contributed by atoms with Crippen LogP contribution in [0.15, 0.2) is 0 Å². The maximum Gasteiger partial charge on any atom is 0.283 e. The van der Waals surface area contributed by atoms with Crippen molar-refractivity contribution < 1.29 is 18.0 Å². The van der Waals surface area contributed by atoms with Crippen LogP contribution in [0.4, 0.5) is 0 Å². The van der Waals surface area contributed by atoms with Gasteiger partial charge in [0.15, 0.2) is 0 Å². The predicted octanol–water partition coefficient (Wildman–Crippen LogP) is -1.08. The molecule has 0 aliphatic carbocycles. The van der Waals surface area contributed by atoms with Crippen LogP contribution in [0.1, 0.15) is 20.8 Å². The molecule has 0 saturated carbocycles. The van der Waals surface area contributed by atoms with Crippen molar-refractivity contribution in [1.82, 2.24) is 13.9 Å². The van der Waals surface area contributed by atoms with Gasteiger partial charge in [0.05, 0.1) is 6.54 Å². The van der Waals surface area contributed by atoms with Gasteiger partial charge >= 0.3 is 0 Å². The van der Waals surface area contributed by atoms with E-state index in [0.717, 1.165) is 8.61 Å². The van der Waals surface area contributed by atoms with Gasteiger partial charge in [0.1, 0.15) is 6.04 Å².